The first-order chi connectivity index (χ1) is 8.69. The number of carbonyl (C=O) groups excluding carboxylic acids is 2. The predicted octanol–water partition coefficient (Wildman–Crippen LogP) is 1.12. The van der Waals surface area contributed by atoms with Crippen LogP contribution in [0.2, 0.25) is 5.15 Å². The average molecular weight is 285 g/mol. The maximum absolute atomic E-state index is 12.0. The third-order valence-corrected chi connectivity index (χ3v) is 2.28. The molecule has 0 aromatic carbocycles. The van der Waals surface area contributed by atoms with Gasteiger partial charge in [-0.2, -0.15) is 0 Å². The minimum absolute atomic E-state index is 0.0413. The Morgan fingerprint density at radius 1 is 1.32 bits per heavy atom. The predicted molar refractivity (Wildman–Crippen MR) is 71.9 cm³/mol. The van der Waals surface area contributed by atoms with Crippen LogP contribution in [-0.4, -0.2) is 45.8 Å². The van der Waals surface area contributed by atoms with Crippen molar-refractivity contribution in [2.75, 3.05) is 13.6 Å². The normalized spacial score (nSPS) is 11.0. The van der Waals surface area contributed by atoms with Crippen molar-refractivity contribution in [2.24, 2.45) is 0 Å². The van der Waals surface area contributed by atoms with Crippen molar-refractivity contribution in [3.63, 3.8) is 0 Å². The van der Waals surface area contributed by atoms with Gasteiger partial charge in [0, 0.05) is 12.6 Å². The summed E-state index contributed by atoms with van der Waals surface area (Å²) in [4.78, 5) is 32.6. The zero-order valence-corrected chi connectivity index (χ0v) is 12.2. The van der Waals surface area contributed by atoms with Crippen molar-refractivity contribution in [1.29, 1.82) is 0 Å². The van der Waals surface area contributed by atoms with Crippen LogP contribution < -0.4 is 5.32 Å². The van der Waals surface area contributed by atoms with E-state index in [-0.39, 0.29) is 34.7 Å². The largest absolute Gasteiger partial charge is 0.350 e. The summed E-state index contributed by atoms with van der Waals surface area (Å²) in [5.74, 6) is -0.613. The summed E-state index contributed by atoms with van der Waals surface area (Å²) in [5, 5.41) is 2.99. The van der Waals surface area contributed by atoms with Gasteiger partial charge < -0.3 is 10.2 Å². The summed E-state index contributed by atoms with van der Waals surface area (Å²) < 4.78 is 0. The maximum Gasteiger partial charge on any atom is 0.274 e. The summed E-state index contributed by atoms with van der Waals surface area (Å²) in [6.07, 6.45) is 2.57. The molecule has 0 aliphatic heterocycles. The number of nitrogens with one attached hydrogen (secondary N) is 1. The van der Waals surface area contributed by atoms with Gasteiger partial charge in [0.05, 0.1) is 18.9 Å². The molecular formula is C12H17ClN4O2. The van der Waals surface area contributed by atoms with E-state index in [1.54, 1.807) is 0 Å². The molecule has 1 aromatic heterocycles. The zero-order valence-electron chi connectivity index (χ0n) is 11.4. The molecule has 0 aliphatic rings. The fraction of sp³-hybridized carbons (Fsp3) is 0.500. The zero-order chi connectivity index (χ0) is 14.6. The Morgan fingerprint density at radius 3 is 2.42 bits per heavy atom. The molecule has 0 aliphatic carbocycles. The van der Waals surface area contributed by atoms with Crippen LogP contribution in [0.15, 0.2) is 12.4 Å². The molecule has 0 atom stereocenters. The minimum Gasteiger partial charge on any atom is -0.350 e. The molecule has 0 saturated heterocycles. The van der Waals surface area contributed by atoms with E-state index in [4.69, 9.17) is 11.6 Å². The molecule has 1 rings (SSSR count). The number of carbonyl (C=O) groups is 2. The molecule has 2 amide bonds. The summed E-state index contributed by atoms with van der Waals surface area (Å²) in [6, 6.07) is 0. The first-order valence-corrected chi connectivity index (χ1v) is 6.11. The number of aromatic nitrogens is 2. The Morgan fingerprint density at radius 2 is 1.95 bits per heavy atom. The van der Waals surface area contributed by atoms with Crippen LogP contribution in [0.5, 0.6) is 0 Å². The lowest BCUT2D eigenvalue weighted by Crippen LogP contribution is -2.46. The van der Waals surface area contributed by atoms with Gasteiger partial charge in [-0.3, -0.25) is 9.59 Å². The SMILES string of the molecule is CN(CC(=O)NC(C)(C)C)C(=O)c1cnc(Cl)cn1. The Balaban J connectivity index is 2.63. The topological polar surface area (TPSA) is 75.2 Å². The van der Waals surface area contributed by atoms with Gasteiger partial charge in [0.2, 0.25) is 5.91 Å². The molecule has 0 radical (unpaired) electrons. The summed E-state index contributed by atoms with van der Waals surface area (Å²) in [5.41, 5.74) is -0.184. The van der Waals surface area contributed by atoms with Crippen molar-refractivity contribution >= 4 is 23.4 Å². The van der Waals surface area contributed by atoms with E-state index in [2.05, 4.69) is 15.3 Å². The quantitative estimate of drug-likeness (QED) is 0.902. The second-order valence-corrected chi connectivity index (χ2v) is 5.57. The Hall–Kier alpha value is -1.69. The van der Waals surface area contributed by atoms with E-state index in [9.17, 15) is 9.59 Å². The van der Waals surface area contributed by atoms with E-state index in [1.165, 1.54) is 24.3 Å². The van der Waals surface area contributed by atoms with Gasteiger partial charge in [-0.25, -0.2) is 9.97 Å². The van der Waals surface area contributed by atoms with Crippen molar-refractivity contribution in [1.82, 2.24) is 20.2 Å². The van der Waals surface area contributed by atoms with Crippen LogP contribution in [0, 0.1) is 0 Å². The Bertz CT molecular complexity index is 468. The summed E-state index contributed by atoms with van der Waals surface area (Å²) in [6.45, 7) is 5.58. The lowest BCUT2D eigenvalue weighted by Gasteiger charge is -2.23. The van der Waals surface area contributed by atoms with Crippen molar-refractivity contribution in [2.45, 2.75) is 26.3 Å². The lowest BCUT2D eigenvalue weighted by molar-refractivity contribution is -0.122. The number of hydrogen-bond donors (Lipinski definition) is 1. The standard InChI is InChI=1S/C12H17ClN4O2/c1-12(2,3)16-10(18)7-17(4)11(19)8-5-15-9(13)6-14-8/h5-6H,7H2,1-4H3,(H,16,18). The highest BCUT2D eigenvalue weighted by Crippen LogP contribution is 2.04. The molecule has 0 saturated carbocycles. The van der Waals surface area contributed by atoms with Gasteiger partial charge in [0.1, 0.15) is 10.8 Å². The number of likely N-dealkylation sites (N-methyl/N-ethyl adjacent to an activating group) is 1. The van der Waals surface area contributed by atoms with Crippen LogP contribution in [0.3, 0.4) is 0 Å². The first-order valence-electron chi connectivity index (χ1n) is 5.73. The third kappa shape index (κ3) is 5.21. The molecule has 0 spiro atoms. The molecule has 7 heteroatoms. The van der Waals surface area contributed by atoms with Gasteiger partial charge in [-0.1, -0.05) is 11.6 Å². The Labute approximate surface area is 117 Å². The second kappa shape index (κ2) is 5.97. The van der Waals surface area contributed by atoms with Gasteiger partial charge in [0.15, 0.2) is 0 Å². The van der Waals surface area contributed by atoms with E-state index in [0.717, 1.165) is 0 Å². The van der Waals surface area contributed by atoms with Crippen LogP contribution in [0.25, 0.3) is 0 Å². The van der Waals surface area contributed by atoms with Gasteiger partial charge in [0.25, 0.3) is 5.91 Å². The van der Waals surface area contributed by atoms with Crippen LogP contribution >= 0.6 is 11.6 Å². The van der Waals surface area contributed by atoms with Gasteiger partial charge in [-0.15, -0.1) is 0 Å². The molecule has 104 valence electrons. The molecule has 1 aromatic rings. The highest BCUT2D eigenvalue weighted by atomic mass is 35.5. The van der Waals surface area contributed by atoms with Gasteiger partial charge in [-0.05, 0) is 20.8 Å². The Kier molecular flexibility index (Phi) is 4.83. The molecule has 1 heterocycles. The minimum atomic E-state index is -0.381. The van der Waals surface area contributed by atoms with Crippen molar-refractivity contribution < 1.29 is 9.59 Å². The molecular weight excluding hydrogens is 268 g/mol. The van der Waals surface area contributed by atoms with E-state index in [0.29, 0.717) is 0 Å². The molecule has 0 unspecified atom stereocenters. The molecule has 0 fully saturated rings. The second-order valence-electron chi connectivity index (χ2n) is 5.18. The summed E-state index contributed by atoms with van der Waals surface area (Å²) in [7, 11) is 1.53. The summed E-state index contributed by atoms with van der Waals surface area (Å²) >= 11 is 5.59. The molecule has 19 heavy (non-hydrogen) atoms. The number of hydrogen-bond acceptors (Lipinski definition) is 4. The molecule has 1 N–H and O–H groups in total. The molecule has 0 bridgehead atoms. The maximum atomic E-state index is 12.0. The van der Waals surface area contributed by atoms with Crippen LogP contribution in [0.1, 0.15) is 31.3 Å². The lowest BCUT2D eigenvalue weighted by atomic mass is 10.1. The van der Waals surface area contributed by atoms with Crippen LogP contribution in [0.4, 0.5) is 0 Å². The number of rotatable bonds is 3. The van der Waals surface area contributed by atoms with E-state index < -0.39 is 0 Å². The fourth-order valence-corrected chi connectivity index (χ4v) is 1.46. The monoisotopic (exact) mass is 284 g/mol. The number of halogens is 1. The smallest absolute Gasteiger partial charge is 0.274 e. The molecule has 6 nitrogen and oxygen atoms in total. The van der Waals surface area contributed by atoms with E-state index in [1.807, 2.05) is 20.8 Å². The van der Waals surface area contributed by atoms with Crippen molar-refractivity contribution in [3.05, 3.63) is 23.2 Å². The highest BCUT2D eigenvalue weighted by Gasteiger charge is 2.19. The fourth-order valence-electron chi connectivity index (χ4n) is 1.36. The van der Waals surface area contributed by atoms with Gasteiger partial charge >= 0.3 is 0 Å². The highest BCUT2D eigenvalue weighted by molar-refractivity contribution is 6.29. The average Bonchev–Trinajstić information content (AvgIpc) is 2.26. The van der Waals surface area contributed by atoms with Crippen molar-refractivity contribution in [3.8, 4) is 0 Å². The van der Waals surface area contributed by atoms with E-state index >= 15 is 0 Å². The number of nitrogens with zero attached hydrogens (tertiary/aromatic N) is 3. The number of amides is 2. The first kappa shape index (κ1) is 15.4. The third-order valence-electron chi connectivity index (χ3n) is 2.08. The van der Waals surface area contributed by atoms with Crippen LogP contribution in [-0.2, 0) is 4.79 Å².